The molecule has 0 radical (unpaired) electrons. The molecule has 0 N–H and O–H groups in total. The largest absolute Gasteiger partial charge is 0.435 e. The van der Waals surface area contributed by atoms with E-state index in [1.807, 2.05) is 12.1 Å². The van der Waals surface area contributed by atoms with Crippen molar-refractivity contribution in [1.29, 1.82) is 0 Å². The number of hydrogen-bond donors (Lipinski definition) is 0. The Morgan fingerprint density at radius 2 is 0.845 bits per heavy atom. The minimum absolute atomic E-state index is 0.270. The first kappa shape index (κ1) is 37.1. The van der Waals surface area contributed by atoms with E-state index in [-0.39, 0.29) is 5.41 Å². The predicted octanol–water partition coefficient (Wildman–Crippen LogP) is 12.2. The van der Waals surface area contributed by atoms with E-state index in [9.17, 15) is 0 Å². The standard InChI is InChI=1S/C33H26NO.C21H24NO/c1-5-15-27(16-6-1)33(28-17-7-2-8-18-28,29-19-9-3-10-20-29)31-23-13-14-26-24-34(25-35-32(26)31)30-21-11-4-12-22-30;1-21(13-6-3-7-14-21)19-12-8-9-17-15-22(16-23-20(17)19)18-10-4-2-5-11-18/h1-24H,25H2;2,4-5,8-12,15H,3,6-7,13-14,16H2,1H3/q2*+1. The van der Waals surface area contributed by atoms with E-state index in [1.165, 1.54) is 65.6 Å². The third-order valence-electron chi connectivity index (χ3n) is 12.2. The van der Waals surface area contributed by atoms with Crippen molar-refractivity contribution < 1.29 is 18.6 Å². The van der Waals surface area contributed by atoms with Crippen molar-refractivity contribution in [3.05, 3.63) is 227 Å². The lowest BCUT2D eigenvalue weighted by Gasteiger charge is -2.38. The number of hydrogen-bond acceptors (Lipinski definition) is 2. The minimum atomic E-state index is -0.530. The van der Waals surface area contributed by atoms with E-state index >= 15 is 0 Å². The second-order valence-electron chi connectivity index (χ2n) is 15.8. The molecule has 0 amide bonds. The topological polar surface area (TPSA) is 24.5 Å². The summed E-state index contributed by atoms with van der Waals surface area (Å²) in [4.78, 5) is 0. The molecule has 0 saturated heterocycles. The van der Waals surface area contributed by atoms with Gasteiger partial charge in [-0.2, -0.15) is 9.15 Å². The van der Waals surface area contributed by atoms with E-state index in [1.54, 1.807) is 0 Å². The quantitative estimate of drug-likeness (QED) is 0.119. The van der Waals surface area contributed by atoms with Crippen LogP contribution in [0.25, 0.3) is 0 Å². The molecule has 10 rings (SSSR count). The normalized spacial score (nSPS) is 15.5. The van der Waals surface area contributed by atoms with Crippen molar-refractivity contribution in [1.82, 2.24) is 0 Å². The van der Waals surface area contributed by atoms with Crippen LogP contribution in [0.4, 0.5) is 11.4 Å². The summed E-state index contributed by atoms with van der Waals surface area (Å²) in [5, 5.41) is 0. The summed E-state index contributed by atoms with van der Waals surface area (Å²) in [5.41, 5.74) is 10.5. The van der Waals surface area contributed by atoms with Gasteiger partial charge in [0, 0.05) is 35.4 Å². The highest BCUT2D eigenvalue weighted by Crippen LogP contribution is 2.49. The zero-order chi connectivity index (χ0) is 39.2. The molecule has 4 nitrogen and oxygen atoms in total. The zero-order valence-electron chi connectivity index (χ0n) is 33.2. The fourth-order valence-electron chi connectivity index (χ4n) is 9.25. The van der Waals surface area contributed by atoms with Crippen molar-refractivity contribution in [3.8, 4) is 11.5 Å². The van der Waals surface area contributed by atoms with E-state index < -0.39 is 5.41 Å². The molecule has 4 heteroatoms. The van der Waals surface area contributed by atoms with E-state index in [0.29, 0.717) is 13.5 Å². The number of nitrogens with zero attached hydrogens (tertiary/aromatic N) is 2. The van der Waals surface area contributed by atoms with Gasteiger partial charge in [-0.1, -0.05) is 178 Å². The lowest BCUT2D eigenvalue weighted by atomic mass is 9.64. The van der Waals surface area contributed by atoms with Crippen LogP contribution < -0.4 is 9.47 Å². The molecule has 0 atom stereocenters. The van der Waals surface area contributed by atoms with Crippen molar-refractivity contribution in [2.24, 2.45) is 0 Å². The van der Waals surface area contributed by atoms with Gasteiger partial charge in [0.25, 0.3) is 13.5 Å². The highest BCUT2D eigenvalue weighted by Gasteiger charge is 2.42. The first-order valence-corrected chi connectivity index (χ1v) is 20.7. The molecule has 0 spiro atoms. The van der Waals surface area contributed by atoms with Gasteiger partial charge in [-0.3, -0.25) is 0 Å². The molecule has 0 aromatic heterocycles. The van der Waals surface area contributed by atoms with Gasteiger partial charge in [0.15, 0.2) is 12.4 Å². The van der Waals surface area contributed by atoms with E-state index in [4.69, 9.17) is 9.47 Å². The van der Waals surface area contributed by atoms with Gasteiger partial charge in [0.05, 0.1) is 16.5 Å². The highest BCUT2D eigenvalue weighted by molar-refractivity contribution is 5.84. The Labute approximate surface area is 343 Å². The summed E-state index contributed by atoms with van der Waals surface area (Å²) < 4.78 is 17.2. The SMILES string of the molecule is C1=[N+](c2ccccc2)COc2c1cccc2C(c1ccccc1)(c1ccccc1)c1ccccc1.CC1(c2cccc3c2OC[N+](c2ccccc2)=C3)CCCCC1. The first-order chi connectivity index (χ1) is 28.6. The average Bonchev–Trinajstić information content (AvgIpc) is 3.31. The predicted molar refractivity (Wildman–Crippen MR) is 236 cm³/mol. The molecule has 2 aliphatic heterocycles. The van der Waals surface area contributed by atoms with Crippen LogP contribution >= 0.6 is 0 Å². The van der Waals surface area contributed by atoms with Crippen LogP contribution in [0.3, 0.4) is 0 Å². The zero-order valence-corrected chi connectivity index (χ0v) is 33.2. The van der Waals surface area contributed by atoms with Crippen LogP contribution in [0.1, 0.15) is 78.0 Å². The third-order valence-corrected chi connectivity index (χ3v) is 12.2. The fourth-order valence-corrected chi connectivity index (χ4v) is 9.25. The summed E-state index contributed by atoms with van der Waals surface area (Å²) in [6.07, 6.45) is 11.0. The molecule has 286 valence electrons. The van der Waals surface area contributed by atoms with Gasteiger partial charge in [-0.15, -0.1) is 0 Å². The minimum Gasteiger partial charge on any atom is -0.435 e. The maximum Gasteiger partial charge on any atom is 0.292 e. The Morgan fingerprint density at radius 3 is 1.33 bits per heavy atom. The molecule has 7 aromatic rings. The summed E-state index contributed by atoms with van der Waals surface area (Å²) in [7, 11) is 0. The summed E-state index contributed by atoms with van der Waals surface area (Å²) in [6.45, 7) is 3.46. The molecule has 0 unspecified atom stereocenters. The van der Waals surface area contributed by atoms with Crippen LogP contribution in [0.15, 0.2) is 188 Å². The summed E-state index contributed by atoms with van der Waals surface area (Å²) in [6, 6.07) is 66.2. The number of ether oxygens (including phenoxy) is 2. The monoisotopic (exact) mass is 758 g/mol. The van der Waals surface area contributed by atoms with Gasteiger partial charge >= 0.3 is 0 Å². The number of fused-ring (bicyclic) bond motifs is 2. The van der Waals surface area contributed by atoms with Crippen LogP contribution in [-0.4, -0.2) is 35.0 Å². The molecule has 3 aliphatic rings. The maximum atomic E-state index is 6.59. The lowest BCUT2D eigenvalue weighted by Crippen LogP contribution is -2.33. The molecule has 1 fully saturated rings. The molecular weight excluding hydrogens is 709 g/mol. The Balaban J connectivity index is 0.000000164. The Hall–Kier alpha value is -6.52. The Bertz CT molecular complexity index is 2430. The highest BCUT2D eigenvalue weighted by atomic mass is 16.5. The van der Waals surface area contributed by atoms with Crippen LogP contribution in [0.5, 0.6) is 11.5 Å². The molecule has 1 saturated carbocycles. The maximum absolute atomic E-state index is 6.59. The van der Waals surface area contributed by atoms with Crippen molar-refractivity contribution in [3.63, 3.8) is 0 Å². The molecular formula is C54H50N2O2+2. The number of benzene rings is 7. The fraction of sp³-hybridized carbons (Fsp3) is 0.185. The smallest absolute Gasteiger partial charge is 0.292 e. The van der Waals surface area contributed by atoms with Gasteiger partial charge in [-0.25, -0.2) is 0 Å². The van der Waals surface area contributed by atoms with Crippen molar-refractivity contribution >= 4 is 23.8 Å². The van der Waals surface area contributed by atoms with Gasteiger partial charge in [0.1, 0.15) is 11.5 Å². The van der Waals surface area contributed by atoms with Gasteiger partial charge < -0.3 is 9.47 Å². The third kappa shape index (κ3) is 7.16. The number of rotatable bonds is 7. The molecule has 1 aliphatic carbocycles. The average molecular weight is 759 g/mol. The second-order valence-corrected chi connectivity index (χ2v) is 15.8. The summed E-state index contributed by atoms with van der Waals surface area (Å²) >= 11 is 0. The van der Waals surface area contributed by atoms with Crippen LogP contribution in [-0.2, 0) is 10.8 Å². The van der Waals surface area contributed by atoms with Gasteiger partial charge in [-0.05, 0) is 47.1 Å². The molecule has 0 bridgehead atoms. The number of para-hydroxylation sites is 4. The Morgan fingerprint density at radius 1 is 0.431 bits per heavy atom. The van der Waals surface area contributed by atoms with Gasteiger partial charge in [0.2, 0.25) is 11.4 Å². The van der Waals surface area contributed by atoms with Crippen LogP contribution in [0.2, 0.25) is 0 Å². The van der Waals surface area contributed by atoms with Crippen molar-refractivity contribution in [2.45, 2.75) is 49.9 Å². The molecule has 58 heavy (non-hydrogen) atoms. The summed E-state index contributed by atoms with van der Waals surface area (Å²) in [5.74, 6) is 2.03. The van der Waals surface area contributed by atoms with Crippen molar-refractivity contribution in [2.75, 3.05) is 13.5 Å². The van der Waals surface area contributed by atoms with Crippen LogP contribution in [0, 0.1) is 0 Å². The molecule has 7 aromatic carbocycles. The Kier molecular flexibility index (Phi) is 10.6. The first-order valence-electron chi connectivity index (χ1n) is 20.7. The second kappa shape index (κ2) is 16.5. The van der Waals surface area contributed by atoms with E-state index in [0.717, 1.165) is 28.3 Å². The molecule has 2 heterocycles. The van der Waals surface area contributed by atoms with E-state index in [2.05, 4.69) is 204 Å². The lowest BCUT2D eigenvalue weighted by molar-refractivity contribution is -0.476.